The Kier molecular flexibility index (Phi) is 22.9. The molecule has 0 bridgehead atoms. The number of morpholine rings is 2. The number of anilines is 2. The minimum atomic E-state index is -5.72. The van der Waals surface area contributed by atoms with Crippen molar-refractivity contribution in [2.75, 3.05) is 115 Å². The van der Waals surface area contributed by atoms with Crippen molar-refractivity contribution in [3.8, 4) is 0 Å². The summed E-state index contributed by atoms with van der Waals surface area (Å²) in [6.07, 6.45) is -33.0. The van der Waals surface area contributed by atoms with Gasteiger partial charge in [-0.2, -0.15) is 52.7 Å². The fraction of sp³-hybridized carbons (Fsp3) is 0.674. The van der Waals surface area contributed by atoms with Gasteiger partial charge in [0.25, 0.3) is 12.2 Å². The van der Waals surface area contributed by atoms with E-state index in [1.54, 1.807) is 0 Å². The lowest BCUT2D eigenvalue weighted by Gasteiger charge is -2.36. The maximum Gasteiger partial charge on any atom is 0.434 e. The van der Waals surface area contributed by atoms with Gasteiger partial charge in [-0.05, 0) is 81.1 Å². The second-order valence-electron chi connectivity index (χ2n) is 18.1. The first kappa shape index (κ1) is 62.6. The number of carbonyl (C=O) groups is 3. The number of hydrogen-bond donors (Lipinski definition) is 0. The minimum absolute atomic E-state index is 0. The zero-order valence-corrected chi connectivity index (χ0v) is 41.0. The molecular weight excluding hydrogens is 1030 g/mol. The first-order valence-electron chi connectivity index (χ1n) is 22.7. The van der Waals surface area contributed by atoms with E-state index >= 15 is 0 Å². The van der Waals surface area contributed by atoms with E-state index in [2.05, 4.69) is 67.0 Å². The second-order valence-corrected chi connectivity index (χ2v) is 18.4. The highest BCUT2D eigenvalue weighted by molar-refractivity contribution is 6.61. The van der Waals surface area contributed by atoms with Crippen LogP contribution < -0.4 is 9.80 Å². The zero-order chi connectivity index (χ0) is 53.8. The van der Waals surface area contributed by atoms with Crippen LogP contribution in [0.15, 0.2) is 36.4 Å². The summed E-state index contributed by atoms with van der Waals surface area (Å²) in [6.45, 7) is 21.7. The van der Waals surface area contributed by atoms with Gasteiger partial charge in [-0.3, -0.25) is 9.80 Å². The maximum atomic E-state index is 12.6. The Labute approximate surface area is 421 Å². The molecule has 14 nitrogen and oxygen atoms in total. The van der Waals surface area contributed by atoms with Crippen LogP contribution in [0.3, 0.4) is 0 Å². The maximum absolute atomic E-state index is 12.6. The van der Waals surface area contributed by atoms with Crippen molar-refractivity contribution in [1.29, 1.82) is 0 Å². The zero-order valence-electron chi connectivity index (χ0n) is 40.2. The molecule has 2 aromatic rings. The molecule has 4 fully saturated rings. The number of benzene rings is 2. The van der Waals surface area contributed by atoms with Gasteiger partial charge in [0.2, 0.25) is 0 Å². The average Bonchev–Trinajstić information content (AvgIpc) is 3.28. The number of ether oxygens (including phenoxy) is 5. The van der Waals surface area contributed by atoms with Gasteiger partial charge in [-0.15, -0.1) is 0 Å². The molecule has 73 heavy (non-hydrogen) atoms. The monoisotopic (exact) mass is 1090 g/mol. The van der Waals surface area contributed by atoms with Crippen LogP contribution in [0, 0.1) is 13.8 Å². The summed E-state index contributed by atoms with van der Waals surface area (Å²) in [5.41, 5.74) is 4.61. The highest BCUT2D eigenvalue weighted by atomic mass is 35.5. The topological polar surface area (TPSA) is 117 Å². The van der Waals surface area contributed by atoms with Gasteiger partial charge in [-0.1, -0.05) is 19.6 Å². The van der Waals surface area contributed by atoms with E-state index in [0.717, 1.165) is 93.8 Å². The van der Waals surface area contributed by atoms with Gasteiger partial charge >= 0.3 is 42.3 Å². The van der Waals surface area contributed by atoms with E-state index in [4.69, 9.17) is 14.2 Å². The number of nitrogens with zero attached hydrogens (tertiary/aromatic N) is 6. The molecular formula is C46H63ClF12N6O8. The largest absolute Gasteiger partial charge is 0.444 e. The molecule has 4 aliphatic rings. The summed E-state index contributed by atoms with van der Waals surface area (Å²) in [6, 6.07) is 12.9. The second kappa shape index (κ2) is 26.7. The highest BCUT2D eigenvalue weighted by Gasteiger charge is 2.61. The molecule has 416 valence electrons. The Morgan fingerprint density at radius 3 is 1.15 bits per heavy atom. The number of aryl methyl sites for hydroxylation is 2. The number of hydrogen-bond acceptors (Lipinski definition) is 12. The van der Waals surface area contributed by atoms with Crippen LogP contribution in [0.5, 0.6) is 0 Å². The number of carbonyl (C=O) groups excluding carboxylic acids is 3. The summed E-state index contributed by atoms with van der Waals surface area (Å²) in [7, 11) is 0. The van der Waals surface area contributed by atoms with Crippen LogP contribution in [0.1, 0.15) is 50.5 Å². The molecule has 4 heterocycles. The Morgan fingerprint density at radius 2 is 0.863 bits per heavy atom. The molecule has 0 N–H and O–H groups in total. The standard InChI is InChI=1S/C21H33N3O3.C20H25F6N3O3.C4HClF6O2.CH4/c1-17-15-19(23-11-13-26-14-12-23)6-5-18(17)16-22-7-9-24(10-8-22)20(25)27-21(2,3)4;1-14-12-16(28-8-10-31-11-9-28)3-2-15(14)13-27-4-6-29(7-5-27)18(30)32-17(19(21,22)23)20(24,25)26;5-2(12)13-1(3(6,7)8)4(9,10)11;/h5-6,15H,7-14,16H2,1-4H3;2-3,12,17H,4-11,13H2,1H3;1H;1H4. The quantitative estimate of drug-likeness (QED) is 0.142. The lowest BCUT2D eigenvalue weighted by Crippen LogP contribution is -2.52. The number of rotatable bonds is 8. The fourth-order valence-electron chi connectivity index (χ4n) is 7.64. The normalized spacial score (nSPS) is 17.8. The van der Waals surface area contributed by atoms with Gasteiger partial charge in [-0.25, -0.2) is 14.4 Å². The van der Waals surface area contributed by atoms with Crippen LogP contribution in [0.4, 0.5) is 78.4 Å². The summed E-state index contributed by atoms with van der Waals surface area (Å²) < 4.78 is 168. The molecule has 2 aromatic carbocycles. The smallest absolute Gasteiger partial charge is 0.434 e. The van der Waals surface area contributed by atoms with Gasteiger partial charge in [0.15, 0.2) is 0 Å². The number of alkyl halides is 12. The molecule has 0 unspecified atom stereocenters. The molecule has 0 atom stereocenters. The lowest BCUT2D eigenvalue weighted by atomic mass is 10.1. The Balaban J connectivity index is 0.000000311. The van der Waals surface area contributed by atoms with Crippen LogP contribution in [0.25, 0.3) is 0 Å². The first-order chi connectivity index (χ1) is 33.3. The Morgan fingerprint density at radius 1 is 0.534 bits per heavy atom. The van der Waals surface area contributed by atoms with Crippen molar-refractivity contribution < 1.29 is 90.8 Å². The SMILES string of the molecule is C.Cc1cc(N2CCOCC2)ccc1CN1CCN(C(=O)OC(C(F)(F)F)C(F)(F)F)CC1.Cc1cc(N2CCOCC2)ccc1CN1CCN(C(=O)OC(C)(C)C)CC1.O=C(Cl)OC(C(F)(F)F)C(F)(F)F. The van der Waals surface area contributed by atoms with Gasteiger partial charge in [0.05, 0.1) is 26.4 Å². The van der Waals surface area contributed by atoms with Crippen molar-refractivity contribution in [1.82, 2.24) is 19.6 Å². The fourth-order valence-corrected chi connectivity index (χ4v) is 7.73. The first-order valence-corrected chi connectivity index (χ1v) is 23.0. The number of piperazine rings is 2. The van der Waals surface area contributed by atoms with Crippen molar-refractivity contribution in [2.24, 2.45) is 0 Å². The van der Waals surface area contributed by atoms with E-state index in [9.17, 15) is 67.1 Å². The molecule has 2 amide bonds. The summed E-state index contributed by atoms with van der Waals surface area (Å²) in [5, 5.41) is 0. The number of halogens is 13. The Bertz CT molecular complexity index is 2040. The van der Waals surface area contributed by atoms with Gasteiger partial charge in [0, 0.05) is 115 Å². The molecule has 4 aliphatic heterocycles. The van der Waals surface area contributed by atoms with E-state index in [0.29, 0.717) is 32.8 Å². The van der Waals surface area contributed by atoms with Gasteiger partial charge in [0.1, 0.15) is 5.60 Å². The lowest BCUT2D eigenvalue weighted by molar-refractivity contribution is -0.308. The van der Waals surface area contributed by atoms with Crippen LogP contribution in [0.2, 0.25) is 0 Å². The van der Waals surface area contributed by atoms with Crippen molar-refractivity contribution in [3.63, 3.8) is 0 Å². The van der Waals surface area contributed by atoms with E-state index in [1.807, 2.05) is 49.6 Å². The summed E-state index contributed by atoms with van der Waals surface area (Å²) in [5.74, 6) is 0. The molecule has 4 saturated heterocycles. The third-order valence-electron chi connectivity index (χ3n) is 11.5. The van der Waals surface area contributed by atoms with E-state index in [-0.39, 0.29) is 26.6 Å². The van der Waals surface area contributed by atoms with Crippen molar-refractivity contribution >= 4 is 40.6 Å². The average molecular weight is 1090 g/mol. The van der Waals surface area contributed by atoms with E-state index in [1.165, 1.54) is 16.8 Å². The molecule has 0 saturated carbocycles. The third-order valence-corrected chi connectivity index (χ3v) is 11.6. The summed E-state index contributed by atoms with van der Waals surface area (Å²) in [4.78, 5) is 45.5. The molecule has 0 aliphatic carbocycles. The third kappa shape index (κ3) is 20.5. The molecule has 6 rings (SSSR count). The molecule has 27 heteroatoms. The van der Waals surface area contributed by atoms with Crippen LogP contribution >= 0.6 is 11.6 Å². The molecule has 0 radical (unpaired) electrons. The van der Waals surface area contributed by atoms with Crippen molar-refractivity contribution in [2.45, 2.75) is 97.6 Å². The molecule has 0 aromatic heterocycles. The van der Waals surface area contributed by atoms with E-state index < -0.39 is 54.0 Å². The predicted octanol–water partition coefficient (Wildman–Crippen LogP) is 9.95. The summed E-state index contributed by atoms with van der Waals surface area (Å²) >= 11 is 4.22. The van der Waals surface area contributed by atoms with Gasteiger partial charge < -0.3 is 43.3 Å². The molecule has 0 spiro atoms. The van der Waals surface area contributed by atoms with Crippen LogP contribution in [-0.2, 0) is 36.8 Å². The predicted molar refractivity (Wildman–Crippen MR) is 246 cm³/mol. The Hall–Kier alpha value is -4.66. The number of amides is 2. The minimum Gasteiger partial charge on any atom is -0.444 e. The van der Waals surface area contributed by atoms with Crippen molar-refractivity contribution in [3.05, 3.63) is 58.7 Å². The highest BCUT2D eigenvalue weighted by Crippen LogP contribution is 2.37. The van der Waals surface area contributed by atoms with Crippen LogP contribution in [-0.4, -0.2) is 185 Å².